The van der Waals surface area contributed by atoms with Gasteiger partial charge in [-0.15, -0.1) is 0 Å². The first-order valence-corrected chi connectivity index (χ1v) is 5.16. The number of hydrogen-bond donors (Lipinski definition) is 1. The Morgan fingerprint density at radius 3 is 3.00 bits per heavy atom. The second-order valence-electron chi connectivity index (χ2n) is 3.50. The Morgan fingerprint density at radius 2 is 2.36 bits per heavy atom. The fraction of sp³-hybridized carbons (Fsp3) is 0.364. The Hall–Kier alpha value is -1.02. The Morgan fingerprint density at radius 1 is 1.50 bits per heavy atom. The van der Waals surface area contributed by atoms with Crippen molar-refractivity contribution < 1.29 is 0 Å². The number of rotatable bonds is 2. The van der Waals surface area contributed by atoms with E-state index in [1.165, 1.54) is 11.1 Å². The maximum Gasteiger partial charge on any atom is 0.101 e. The normalized spacial score (nSPS) is 15.1. The third-order valence-electron chi connectivity index (χ3n) is 2.41. The molecule has 0 radical (unpaired) electrons. The number of aryl methyl sites for hydroxylation is 1. The van der Waals surface area contributed by atoms with Crippen molar-refractivity contribution >= 4 is 17.4 Å². The maximum absolute atomic E-state index is 5.89. The quantitative estimate of drug-likeness (QED) is 0.792. The van der Waals surface area contributed by atoms with Gasteiger partial charge in [-0.1, -0.05) is 17.7 Å². The summed E-state index contributed by atoms with van der Waals surface area (Å²) >= 11 is 5.89. The third-order valence-corrected chi connectivity index (χ3v) is 2.64. The van der Waals surface area contributed by atoms with Crippen molar-refractivity contribution in [3.05, 3.63) is 34.3 Å². The number of hydrogen-bond acceptors (Lipinski definition) is 2. The lowest BCUT2D eigenvalue weighted by Crippen LogP contribution is -2.20. The van der Waals surface area contributed by atoms with Gasteiger partial charge in [-0.3, -0.25) is 4.99 Å². The smallest absolute Gasteiger partial charge is 0.101 e. The van der Waals surface area contributed by atoms with Gasteiger partial charge in [-0.2, -0.15) is 0 Å². The molecule has 2 nitrogen and oxygen atoms in total. The molecule has 1 heterocycles. The first-order chi connectivity index (χ1) is 6.75. The van der Waals surface area contributed by atoms with Crippen LogP contribution in [0.1, 0.15) is 11.1 Å². The van der Waals surface area contributed by atoms with E-state index in [-0.39, 0.29) is 0 Å². The first kappa shape index (κ1) is 9.53. The Balaban J connectivity index is 2.16. The van der Waals surface area contributed by atoms with Crippen molar-refractivity contribution in [3.63, 3.8) is 0 Å². The van der Waals surface area contributed by atoms with E-state index in [0.717, 1.165) is 30.4 Å². The zero-order valence-electron chi connectivity index (χ0n) is 8.18. The molecule has 0 bridgehead atoms. The van der Waals surface area contributed by atoms with Crippen LogP contribution in [0.25, 0.3) is 0 Å². The lowest BCUT2D eigenvalue weighted by molar-refractivity contribution is 0.953. The van der Waals surface area contributed by atoms with Gasteiger partial charge in [0.2, 0.25) is 0 Å². The molecule has 1 aliphatic rings. The van der Waals surface area contributed by atoms with E-state index in [0.29, 0.717) is 0 Å². The molecule has 3 heteroatoms. The topological polar surface area (TPSA) is 24.4 Å². The molecule has 1 aliphatic heterocycles. The van der Waals surface area contributed by atoms with Gasteiger partial charge in [-0.25, -0.2) is 0 Å². The van der Waals surface area contributed by atoms with E-state index in [9.17, 15) is 0 Å². The predicted molar refractivity (Wildman–Crippen MR) is 60.2 cm³/mol. The number of benzene rings is 1. The Bertz CT molecular complexity index is 372. The summed E-state index contributed by atoms with van der Waals surface area (Å²) in [5.41, 5.74) is 2.52. The molecule has 1 N–H and O–H groups in total. The van der Waals surface area contributed by atoms with Crippen molar-refractivity contribution in [3.8, 4) is 0 Å². The van der Waals surface area contributed by atoms with Crippen LogP contribution in [0.3, 0.4) is 0 Å². The average Bonchev–Trinajstić information content (AvgIpc) is 2.62. The molecule has 0 aliphatic carbocycles. The fourth-order valence-electron chi connectivity index (χ4n) is 1.60. The third kappa shape index (κ3) is 2.07. The van der Waals surface area contributed by atoms with Crippen LogP contribution in [0.2, 0.25) is 5.02 Å². The zero-order chi connectivity index (χ0) is 9.97. The molecule has 0 fully saturated rings. The van der Waals surface area contributed by atoms with Crippen LogP contribution in [0.4, 0.5) is 0 Å². The van der Waals surface area contributed by atoms with Crippen molar-refractivity contribution in [1.29, 1.82) is 0 Å². The zero-order valence-corrected chi connectivity index (χ0v) is 8.93. The lowest BCUT2D eigenvalue weighted by Gasteiger charge is -2.06. The van der Waals surface area contributed by atoms with Crippen molar-refractivity contribution in [2.75, 3.05) is 13.1 Å². The first-order valence-electron chi connectivity index (χ1n) is 4.78. The monoisotopic (exact) mass is 208 g/mol. The van der Waals surface area contributed by atoms with Gasteiger partial charge in [0, 0.05) is 18.0 Å². The van der Waals surface area contributed by atoms with E-state index < -0.39 is 0 Å². The van der Waals surface area contributed by atoms with E-state index >= 15 is 0 Å². The number of amidine groups is 1. The molecule has 0 unspecified atom stereocenters. The van der Waals surface area contributed by atoms with Gasteiger partial charge in [0.25, 0.3) is 0 Å². The highest BCUT2D eigenvalue weighted by molar-refractivity contribution is 6.30. The fourth-order valence-corrected chi connectivity index (χ4v) is 1.83. The molecule has 0 spiro atoms. The van der Waals surface area contributed by atoms with Gasteiger partial charge in [-0.05, 0) is 30.2 Å². The molecular weight excluding hydrogens is 196 g/mol. The highest BCUT2D eigenvalue weighted by Gasteiger charge is 2.07. The predicted octanol–water partition coefficient (Wildman–Crippen LogP) is 2.19. The van der Waals surface area contributed by atoms with Crippen LogP contribution in [-0.2, 0) is 6.42 Å². The van der Waals surface area contributed by atoms with Gasteiger partial charge in [0.05, 0.1) is 6.54 Å². The maximum atomic E-state index is 5.89. The summed E-state index contributed by atoms with van der Waals surface area (Å²) in [5, 5.41) is 4.06. The second-order valence-corrected chi connectivity index (χ2v) is 3.94. The average molecular weight is 209 g/mol. The second kappa shape index (κ2) is 4.01. The van der Waals surface area contributed by atoms with Gasteiger partial charge < -0.3 is 5.32 Å². The number of halogens is 1. The van der Waals surface area contributed by atoms with Crippen LogP contribution >= 0.6 is 11.6 Å². The Labute approximate surface area is 89.0 Å². The van der Waals surface area contributed by atoms with E-state index in [1.54, 1.807) is 0 Å². The minimum Gasteiger partial charge on any atom is -0.372 e. The summed E-state index contributed by atoms with van der Waals surface area (Å²) in [5.74, 6) is 1.09. The highest BCUT2D eigenvalue weighted by Crippen LogP contribution is 2.16. The van der Waals surface area contributed by atoms with Crippen LogP contribution in [0, 0.1) is 6.92 Å². The molecule has 0 saturated carbocycles. The summed E-state index contributed by atoms with van der Waals surface area (Å²) in [4.78, 5) is 4.37. The molecule has 0 aromatic heterocycles. The lowest BCUT2D eigenvalue weighted by atomic mass is 10.1. The van der Waals surface area contributed by atoms with Gasteiger partial charge >= 0.3 is 0 Å². The summed E-state index contributed by atoms with van der Waals surface area (Å²) in [6, 6.07) is 5.99. The number of nitrogens with one attached hydrogen (secondary N) is 1. The highest BCUT2D eigenvalue weighted by atomic mass is 35.5. The molecule has 14 heavy (non-hydrogen) atoms. The minimum atomic E-state index is 0.799. The van der Waals surface area contributed by atoms with Crippen molar-refractivity contribution in [2.45, 2.75) is 13.3 Å². The number of aliphatic imine (C=N–C) groups is 1. The summed E-state index contributed by atoms with van der Waals surface area (Å²) in [6.07, 6.45) is 0.892. The standard InChI is InChI=1S/C11H13ClN2/c1-8-6-10(12)3-2-9(8)7-11-13-4-5-14-11/h2-3,6H,4-5,7H2,1H3,(H,13,14). The van der Waals surface area contributed by atoms with E-state index in [4.69, 9.17) is 11.6 Å². The molecular formula is C11H13ClN2. The van der Waals surface area contributed by atoms with E-state index in [2.05, 4.69) is 23.3 Å². The van der Waals surface area contributed by atoms with Crippen molar-refractivity contribution in [2.24, 2.45) is 4.99 Å². The minimum absolute atomic E-state index is 0.799. The largest absolute Gasteiger partial charge is 0.372 e. The van der Waals surface area contributed by atoms with Crippen LogP contribution in [0.5, 0.6) is 0 Å². The van der Waals surface area contributed by atoms with Gasteiger partial charge in [0.1, 0.15) is 5.84 Å². The summed E-state index contributed by atoms with van der Waals surface area (Å²) in [6.45, 7) is 3.96. The van der Waals surface area contributed by atoms with Gasteiger partial charge in [0.15, 0.2) is 0 Å². The van der Waals surface area contributed by atoms with Crippen LogP contribution < -0.4 is 5.32 Å². The van der Waals surface area contributed by atoms with Crippen LogP contribution in [0.15, 0.2) is 23.2 Å². The van der Waals surface area contributed by atoms with Crippen molar-refractivity contribution in [1.82, 2.24) is 5.32 Å². The molecule has 0 atom stereocenters. The summed E-state index contributed by atoms with van der Waals surface area (Å²) < 4.78 is 0. The molecule has 0 saturated heterocycles. The Kier molecular flexibility index (Phi) is 2.73. The summed E-state index contributed by atoms with van der Waals surface area (Å²) in [7, 11) is 0. The molecule has 0 amide bonds. The molecule has 1 aromatic rings. The molecule has 2 rings (SSSR count). The molecule has 1 aromatic carbocycles. The van der Waals surface area contributed by atoms with E-state index in [1.807, 2.05) is 12.1 Å². The molecule has 74 valence electrons. The SMILES string of the molecule is Cc1cc(Cl)ccc1CC1=NCCN1. The number of nitrogens with zero attached hydrogens (tertiary/aromatic N) is 1. The van der Waals surface area contributed by atoms with Crippen LogP contribution in [-0.4, -0.2) is 18.9 Å².